The number of carboxylic acids is 1. The van der Waals surface area contributed by atoms with Gasteiger partial charge in [0.05, 0.1) is 5.41 Å². The first-order valence-electron chi connectivity index (χ1n) is 5.51. The van der Waals surface area contributed by atoms with Crippen LogP contribution in [0, 0.1) is 5.41 Å². The molecule has 0 saturated carbocycles. The average molecular weight is 232 g/mol. The summed E-state index contributed by atoms with van der Waals surface area (Å²) in [7, 11) is -1.73. The fourth-order valence-electron chi connectivity index (χ4n) is 1.61. The summed E-state index contributed by atoms with van der Waals surface area (Å²) in [5.41, 5.74) is -0.301. The first-order chi connectivity index (χ1) is 6.63. The topological polar surface area (TPSA) is 46.5 Å². The number of carbonyl (C=O) groups is 1. The van der Waals surface area contributed by atoms with Crippen LogP contribution < -0.4 is 0 Å². The average Bonchev–Trinajstić information content (AvgIpc) is 2.02. The summed E-state index contributed by atoms with van der Waals surface area (Å²) >= 11 is 0. The highest BCUT2D eigenvalue weighted by atomic mass is 28.4. The van der Waals surface area contributed by atoms with Gasteiger partial charge in [0, 0.05) is 6.61 Å². The van der Waals surface area contributed by atoms with Gasteiger partial charge in [0.2, 0.25) is 0 Å². The molecular weight excluding hydrogens is 208 g/mol. The lowest BCUT2D eigenvalue weighted by Crippen LogP contribution is -2.39. The molecule has 0 rings (SSSR count). The summed E-state index contributed by atoms with van der Waals surface area (Å²) in [4.78, 5) is 11.0. The van der Waals surface area contributed by atoms with Crippen molar-refractivity contribution in [1.82, 2.24) is 0 Å². The molecule has 1 atom stereocenters. The Bertz CT molecular complexity index is 224. The molecule has 0 aromatic rings. The Morgan fingerprint density at radius 3 is 2.27 bits per heavy atom. The van der Waals surface area contributed by atoms with E-state index in [1.807, 2.05) is 6.92 Å². The van der Waals surface area contributed by atoms with Gasteiger partial charge in [-0.3, -0.25) is 4.79 Å². The molecule has 0 heterocycles. The lowest BCUT2D eigenvalue weighted by molar-refractivity contribution is -0.147. The van der Waals surface area contributed by atoms with E-state index >= 15 is 0 Å². The van der Waals surface area contributed by atoms with Crippen LogP contribution in [0.1, 0.15) is 34.1 Å². The quantitative estimate of drug-likeness (QED) is 0.716. The Kier molecular flexibility index (Phi) is 5.00. The normalized spacial score (nSPS) is 15.1. The van der Waals surface area contributed by atoms with Gasteiger partial charge in [0.15, 0.2) is 8.32 Å². The van der Waals surface area contributed by atoms with Crippen LogP contribution in [0.5, 0.6) is 0 Å². The van der Waals surface area contributed by atoms with Crippen molar-refractivity contribution in [2.75, 3.05) is 6.61 Å². The van der Waals surface area contributed by atoms with E-state index in [9.17, 15) is 4.79 Å². The maximum Gasteiger partial charge on any atom is 0.309 e. The summed E-state index contributed by atoms with van der Waals surface area (Å²) in [5.74, 6) is -0.726. The molecule has 0 saturated heterocycles. The monoisotopic (exact) mass is 232 g/mol. The number of hydrogen-bond acceptors (Lipinski definition) is 2. The molecule has 0 aromatic carbocycles. The van der Waals surface area contributed by atoms with Crippen molar-refractivity contribution >= 4 is 14.3 Å². The van der Waals surface area contributed by atoms with E-state index in [1.54, 1.807) is 13.8 Å². The Labute approximate surface area is 94.0 Å². The van der Waals surface area contributed by atoms with E-state index in [0.29, 0.717) is 12.0 Å². The first kappa shape index (κ1) is 14.6. The van der Waals surface area contributed by atoms with Gasteiger partial charge < -0.3 is 9.53 Å². The molecule has 0 aliphatic heterocycles. The van der Waals surface area contributed by atoms with Crippen molar-refractivity contribution in [3.05, 3.63) is 0 Å². The minimum Gasteiger partial charge on any atom is -0.481 e. The van der Waals surface area contributed by atoms with Crippen LogP contribution in [0.2, 0.25) is 18.6 Å². The van der Waals surface area contributed by atoms with Crippen molar-refractivity contribution < 1.29 is 14.3 Å². The smallest absolute Gasteiger partial charge is 0.309 e. The van der Waals surface area contributed by atoms with Crippen LogP contribution in [0.3, 0.4) is 0 Å². The van der Waals surface area contributed by atoms with Crippen LogP contribution in [0.25, 0.3) is 0 Å². The summed E-state index contributed by atoms with van der Waals surface area (Å²) in [5, 5.41) is 9.06. The summed E-state index contributed by atoms with van der Waals surface area (Å²) in [6.07, 6.45) is 0.682. The second-order valence-corrected chi connectivity index (χ2v) is 9.81. The van der Waals surface area contributed by atoms with Crippen LogP contribution >= 0.6 is 0 Å². The molecule has 0 aliphatic rings. The van der Waals surface area contributed by atoms with Gasteiger partial charge in [-0.1, -0.05) is 6.92 Å². The lowest BCUT2D eigenvalue weighted by atomic mass is 9.88. The van der Waals surface area contributed by atoms with Crippen molar-refractivity contribution in [2.45, 2.75) is 52.8 Å². The van der Waals surface area contributed by atoms with Gasteiger partial charge in [-0.25, -0.2) is 0 Å². The molecule has 15 heavy (non-hydrogen) atoms. The highest BCUT2D eigenvalue weighted by Gasteiger charge is 2.37. The van der Waals surface area contributed by atoms with Crippen molar-refractivity contribution in [3.63, 3.8) is 0 Å². The highest BCUT2D eigenvalue weighted by molar-refractivity contribution is 6.72. The third-order valence-corrected chi connectivity index (χ3v) is 6.71. The number of carboxylic acid groups (broad SMARTS) is 1. The molecule has 0 fully saturated rings. The fraction of sp³-hybridized carbons (Fsp3) is 0.909. The van der Waals surface area contributed by atoms with Crippen molar-refractivity contribution in [2.24, 2.45) is 5.41 Å². The van der Waals surface area contributed by atoms with Gasteiger partial charge >= 0.3 is 5.97 Å². The van der Waals surface area contributed by atoms with E-state index in [1.165, 1.54) is 0 Å². The second-order valence-electron chi connectivity index (χ2n) is 5.33. The van der Waals surface area contributed by atoms with Crippen LogP contribution in [-0.2, 0) is 9.22 Å². The standard InChI is InChI=1S/C11H24O3Si/c1-7-14-15(5,6)9(2)8-11(3,4)10(12)13/h9H,7-8H2,1-6H3,(H,12,13). The summed E-state index contributed by atoms with van der Waals surface area (Å²) < 4.78 is 5.76. The van der Waals surface area contributed by atoms with Gasteiger partial charge in [-0.2, -0.15) is 0 Å². The molecule has 90 valence electrons. The lowest BCUT2D eigenvalue weighted by Gasteiger charge is -2.33. The molecule has 0 radical (unpaired) electrons. The van der Waals surface area contributed by atoms with Crippen LogP contribution in [0.4, 0.5) is 0 Å². The largest absolute Gasteiger partial charge is 0.481 e. The number of aliphatic carboxylic acids is 1. The Balaban J connectivity index is 4.48. The van der Waals surface area contributed by atoms with E-state index in [4.69, 9.17) is 9.53 Å². The second kappa shape index (κ2) is 5.12. The predicted octanol–water partition coefficient (Wildman–Crippen LogP) is 3.12. The van der Waals surface area contributed by atoms with Gasteiger partial charge in [0.1, 0.15) is 0 Å². The molecule has 1 N–H and O–H groups in total. The molecule has 0 aliphatic carbocycles. The molecule has 4 heteroatoms. The minimum absolute atomic E-state index is 0.351. The molecule has 3 nitrogen and oxygen atoms in total. The maximum atomic E-state index is 11.0. The zero-order valence-corrected chi connectivity index (χ0v) is 11.8. The van der Waals surface area contributed by atoms with Gasteiger partial charge in [-0.05, 0) is 45.8 Å². The van der Waals surface area contributed by atoms with Gasteiger partial charge in [-0.15, -0.1) is 0 Å². The van der Waals surface area contributed by atoms with E-state index in [2.05, 4.69) is 20.0 Å². The minimum atomic E-state index is -1.73. The predicted molar refractivity (Wildman–Crippen MR) is 64.6 cm³/mol. The summed E-state index contributed by atoms with van der Waals surface area (Å²) in [6.45, 7) is 12.7. The van der Waals surface area contributed by atoms with E-state index in [-0.39, 0.29) is 0 Å². The third-order valence-electron chi connectivity index (χ3n) is 3.10. The molecule has 1 unspecified atom stereocenters. The number of rotatable bonds is 6. The van der Waals surface area contributed by atoms with E-state index < -0.39 is 19.7 Å². The molecule has 0 amide bonds. The third kappa shape index (κ3) is 4.34. The Hall–Kier alpha value is -0.353. The van der Waals surface area contributed by atoms with Crippen molar-refractivity contribution in [1.29, 1.82) is 0 Å². The highest BCUT2D eigenvalue weighted by Crippen LogP contribution is 2.35. The molecule has 0 spiro atoms. The van der Waals surface area contributed by atoms with E-state index in [0.717, 1.165) is 6.61 Å². The number of hydrogen-bond donors (Lipinski definition) is 1. The maximum absolute atomic E-state index is 11.0. The summed E-state index contributed by atoms with van der Waals surface area (Å²) in [6, 6.07) is 0. The first-order valence-corrected chi connectivity index (χ1v) is 8.49. The Morgan fingerprint density at radius 2 is 1.93 bits per heavy atom. The molecule has 0 bridgehead atoms. The molecular formula is C11H24O3Si. The van der Waals surface area contributed by atoms with Crippen LogP contribution in [-0.4, -0.2) is 26.0 Å². The Morgan fingerprint density at radius 1 is 1.47 bits per heavy atom. The SMILES string of the molecule is CCO[Si](C)(C)C(C)CC(C)(C)C(=O)O. The zero-order chi connectivity index (χ0) is 12.3. The molecule has 0 aromatic heterocycles. The van der Waals surface area contributed by atoms with Crippen molar-refractivity contribution in [3.8, 4) is 0 Å². The fourth-order valence-corrected chi connectivity index (χ4v) is 3.64. The van der Waals surface area contributed by atoms with Gasteiger partial charge in [0.25, 0.3) is 0 Å². The zero-order valence-electron chi connectivity index (χ0n) is 10.8. The van der Waals surface area contributed by atoms with Crippen LogP contribution in [0.15, 0.2) is 0 Å².